The average Bonchev–Trinajstić information content (AvgIpc) is 2.55. The van der Waals surface area contributed by atoms with Crippen LogP contribution in [-0.2, 0) is 6.42 Å². The minimum absolute atomic E-state index is 0.218. The molecule has 24 heavy (non-hydrogen) atoms. The van der Waals surface area contributed by atoms with Crippen molar-refractivity contribution in [3.05, 3.63) is 54.6 Å². The van der Waals surface area contributed by atoms with Crippen molar-refractivity contribution in [1.82, 2.24) is 10.2 Å². The Labute approximate surface area is 145 Å². The van der Waals surface area contributed by atoms with Crippen LogP contribution in [0, 0.1) is 5.82 Å². The molecule has 5 heteroatoms. The first-order valence-corrected chi connectivity index (χ1v) is 8.48. The molecule has 0 aliphatic heterocycles. The zero-order valence-electron chi connectivity index (χ0n) is 14.9. The molecule has 0 aliphatic carbocycles. The lowest BCUT2D eigenvalue weighted by atomic mass is 10.0. The number of nitrogens with one attached hydrogen (secondary N) is 2. The van der Waals surface area contributed by atoms with Gasteiger partial charge < -0.3 is 21.3 Å². The van der Waals surface area contributed by atoms with Crippen LogP contribution in [0.4, 0.5) is 10.1 Å². The molecule has 0 saturated heterocycles. The summed E-state index contributed by atoms with van der Waals surface area (Å²) >= 11 is 0. The van der Waals surface area contributed by atoms with Gasteiger partial charge in [0.1, 0.15) is 5.82 Å². The van der Waals surface area contributed by atoms with Crippen LogP contribution in [0.3, 0.4) is 0 Å². The molecule has 1 unspecified atom stereocenters. The van der Waals surface area contributed by atoms with Gasteiger partial charge in [-0.05, 0) is 56.8 Å². The van der Waals surface area contributed by atoms with Gasteiger partial charge >= 0.3 is 0 Å². The number of benzene rings is 1. The molecule has 4 N–H and O–H groups in total. The molecule has 134 valence electrons. The van der Waals surface area contributed by atoms with Crippen molar-refractivity contribution in [1.29, 1.82) is 0 Å². The molecule has 0 aliphatic rings. The zero-order valence-corrected chi connectivity index (χ0v) is 14.9. The second-order valence-corrected chi connectivity index (χ2v) is 6.05. The Morgan fingerprint density at radius 3 is 2.75 bits per heavy atom. The van der Waals surface area contributed by atoms with Crippen LogP contribution in [-0.4, -0.2) is 37.6 Å². The standard InChI is InChI=1S/C19H31FN4/c1-5-15(3)23-17(9-11-24(4)12-10-21)13-16-7-8-19(22-6-2)18(20)14-16/h6-8,14,17,22-23H,2-3,5,9-13,21H2,1,4H3. The summed E-state index contributed by atoms with van der Waals surface area (Å²) in [5.74, 6) is -0.263. The van der Waals surface area contributed by atoms with Crippen LogP contribution in [0.15, 0.2) is 43.3 Å². The lowest BCUT2D eigenvalue weighted by Gasteiger charge is -2.24. The fraction of sp³-hybridized carbons (Fsp3) is 0.474. The summed E-state index contributed by atoms with van der Waals surface area (Å²) < 4.78 is 14.1. The minimum atomic E-state index is -0.263. The van der Waals surface area contributed by atoms with E-state index in [2.05, 4.69) is 42.7 Å². The Hall–Kier alpha value is -1.85. The Bertz CT molecular complexity index is 530. The maximum absolute atomic E-state index is 14.1. The molecule has 4 nitrogen and oxygen atoms in total. The molecular formula is C19H31FN4. The zero-order chi connectivity index (χ0) is 17.9. The third kappa shape index (κ3) is 7.15. The Balaban J connectivity index is 2.74. The molecule has 1 aromatic rings. The fourth-order valence-electron chi connectivity index (χ4n) is 2.52. The number of hydrogen-bond donors (Lipinski definition) is 3. The lowest BCUT2D eigenvalue weighted by Crippen LogP contribution is -2.35. The van der Waals surface area contributed by atoms with E-state index < -0.39 is 0 Å². The SMILES string of the molecule is C=CNc1ccc(CC(CCN(C)CCN)NC(=C)CC)cc1F. The highest BCUT2D eigenvalue weighted by molar-refractivity contribution is 5.48. The van der Waals surface area contributed by atoms with Crippen molar-refractivity contribution in [3.8, 4) is 0 Å². The monoisotopic (exact) mass is 334 g/mol. The van der Waals surface area contributed by atoms with Crippen molar-refractivity contribution in [3.63, 3.8) is 0 Å². The van der Waals surface area contributed by atoms with E-state index >= 15 is 0 Å². The van der Waals surface area contributed by atoms with Gasteiger partial charge in [-0.1, -0.05) is 26.1 Å². The first-order valence-electron chi connectivity index (χ1n) is 8.48. The molecule has 0 bridgehead atoms. The van der Waals surface area contributed by atoms with Crippen LogP contribution in [0.1, 0.15) is 25.3 Å². The van der Waals surface area contributed by atoms with Gasteiger partial charge in [-0.3, -0.25) is 0 Å². The van der Waals surface area contributed by atoms with E-state index in [1.54, 1.807) is 12.1 Å². The first kappa shape index (κ1) is 20.2. The first-order chi connectivity index (χ1) is 11.5. The van der Waals surface area contributed by atoms with E-state index in [1.165, 1.54) is 6.20 Å². The van der Waals surface area contributed by atoms with Gasteiger partial charge in [0.15, 0.2) is 0 Å². The fourth-order valence-corrected chi connectivity index (χ4v) is 2.52. The highest BCUT2D eigenvalue weighted by Gasteiger charge is 2.13. The number of allylic oxidation sites excluding steroid dienone is 1. The summed E-state index contributed by atoms with van der Waals surface area (Å²) in [7, 11) is 2.06. The Kier molecular flexibility index (Phi) is 9.12. The maximum atomic E-state index is 14.1. The second kappa shape index (κ2) is 10.8. The molecular weight excluding hydrogens is 303 g/mol. The smallest absolute Gasteiger partial charge is 0.146 e. The molecule has 1 atom stereocenters. The summed E-state index contributed by atoms with van der Waals surface area (Å²) in [6, 6.07) is 5.49. The molecule has 1 aromatic carbocycles. The number of hydrogen-bond acceptors (Lipinski definition) is 4. The molecule has 0 aromatic heterocycles. The van der Waals surface area contributed by atoms with Gasteiger partial charge in [0, 0.05) is 24.8 Å². The van der Waals surface area contributed by atoms with Crippen molar-refractivity contribution in [2.75, 3.05) is 32.0 Å². The van der Waals surface area contributed by atoms with Crippen LogP contribution in [0.2, 0.25) is 0 Å². The van der Waals surface area contributed by atoms with Gasteiger partial charge in [0.2, 0.25) is 0 Å². The Morgan fingerprint density at radius 2 is 2.17 bits per heavy atom. The average molecular weight is 334 g/mol. The minimum Gasteiger partial charge on any atom is -0.386 e. The number of halogens is 1. The lowest BCUT2D eigenvalue weighted by molar-refractivity contribution is 0.316. The summed E-state index contributed by atoms with van der Waals surface area (Å²) in [5, 5.41) is 6.26. The van der Waals surface area contributed by atoms with Crippen molar-refractivity contribution >= 4 is 5.69 Å². The predicted octanol–water partition coefficient (Wildman–Crippen LogP) is 3.09. The van der Waals surface area contributed by atoms with Crippen molar-refractivity contribution in [2.24, 2.45) is 5.73 Å². The molecule has 0 saturated carbocycles. The molecule has 0 amide bonds. The number of anilines is 1. The second-order valence-electron chi connectivity index (χ2n) is 6.05. The van der Waals surface area contributed by atoms with Gasteiger partial charge in [0.25, 0.3) is 0 Å². The molecule has 0 spiro atoms. The van der Waals surface area contributed by atoms with Gasteiger partial charge in [-0.2, -0.15) is 0 Å². The summed E-state index contributed by atoms with van der Waals surface area (Å²) in [6.07, 6.45) is 4.05. The van der Waals surface area contributed by atoms with E-state index in [9.17, 15) is 4.39 Å². The number of likely N-dealkylation sites (N-methyl/N-ethyl adjacent to an activating group) is 1. The summed E-state index contributed by atoms with van der Waals surface area (Å²) in [5.41, 5.74) is 8.00. The van der Waals surface area contributed by atoms with E-state index in [-0.39, 0.29) is 11.9 Å². The van der Waals surface area contributed by atoms with Crippen molar-refractivity contribution < 1.29 is 4.39 Å². The summed E-state index contributed by atoms with van der Waals surface area (Å²) in [4.78, 5) is 2.21. The van der Waals surface area contributed by atoms with Crippen LogP contribution < -0.4 is 16.4 Å². The highest BCUT2D eigenvalue weighted by atomic mass is 19.1. The van der Waals surface area contributed by atoms with Gasteiger partial charge in [0.05, 0.1) is 5.69 Å². The summed E-state index contributed by atoms with van der Waals surface area (Å²) in [6.45, 7) is 12.1. The van der Waals surface area contributed by atoms with Crippen LogP contribution in [0.5, 0.6) is 0 Å². The van der Waals surface area contributed by atoms with E-state index in [4.69, 9.17) is 5.73 Å². The van der Waals surface area contributed by atoms with E-state index in [1.807, 2.05) is 6.07 Å². The van der Waals surface area contributed by atoms with E-state index in [0.29, 0.717) is 12.2 Å². The normalized spacial score (nSPS) is 12.0. The van der Waals surface area contributed by atoms with E-state index in [0.717, 1.165) is 43.6 Å². The molecule has 0 fully saturated rings. The molecule has 0 heterocycles. The van der Waals surface area contributed by atoms with Crippen molar-refractivity contribution in [2.45, 2.75) is 32.2 Å². The topological polar surface area (TPSA) is 53.3 Å². The van der Waals surface area contributed by atoms with Gasteiger partial charge in [-0.15, -0.1) is 0 Å². The number of nitrogens with two attached hydrogens (primary N) is 1. The quantitative estimate of drug-likeness (QED) is 0.550. The highest BCUT2D eigenvalue weighted by Crippen LogP contribution is 2.18. The third-order valence-corrected chi connectivity index (χ3v) is 3.98. The maximum Gasteiger partial charge on any atom is 0.146 e. The Morgan fingerprint density at radius 1 is 1.42 bits per heavy atom. The molecule has 0 radical (unpaired) electrons. The number of rotatable bonds is 12. The molecule has 1 rings (SSSR count). The van der Waals surface area contributed by atoms with Crippen LogP contribution in [0.25, 0.3) is 0 Å². The van der Waals surface area contributed by atoms with Crippen LogP contribution >= 0.6 is 0 Å². The third-order valence-electron chi connectivity index (χ3n) is 3.98. The number of nitrogens with zero attached hydrogens (tertiary/aromatic N) is 1. The van der Waals surface area contributed by atoms with Gasteiger partial charge in [-0.25, -0.2) is 4.39 Å². The predicted molar refractivity (Wildman–Crippen MR) is 101 cm³/mol. The largest absolute Gasteiger partial charge is 0.386 e.